The molecule has 1 fully saturated rings. The summed E-state index contributed by atoms with van der Waals surface area (Å²) in [6.45, 7) is 10.1. The maximum Gasteiger partial charge on any atom is 0.188 e. The molecule has 22 heavy (non-hydrogen) atoms. The van der Waals surface area contributed by atoms with Crippen molar-refractivity contribution in [2.45, 2.75) is 52.5 Å². The second kappa shape index (κ2) is 8.17. The Balaban J connectivity index is 1.67. The van der Waals surface area contributed by atoms with Crippen LogP contribution < -0.4 is 11.1 Å². The monoisotopic (exact) mass is 307 g/mol. The third-order valence-corrected chi connectivity index (χ3v) is 4.47. The molecule has 0 aliphatic carbocycles. The molecule has 1 aromatic heterocycles. The van der Waals surface area contributed by atoms with Gasteiger partial charge in [-0.25, -0.2) is 0 Å². The molecule has 1 saturated heterocycles. The molecule has 0 amide bonds. The molecule has 6 nitrogen and oxygen atoms in total. The first kappa shape index (κ1) is 16.8. The van der Waals surface area contributed by atoms with Crippen molar-refractivity contribution in [1.29, 1.82) is 0 Å². The summed E-state index contributed by atoms with van der Waals surface area (Å²) in [7, 11) is 0. The van der Waals surface area contributed by atoms with Gasteiger partial charge in [-0.3, -0.25) is 9.89 Å². The molecule has 6 heteroatoms. The molecule has 1 unspecified atom stereocenters. The Morgan fingerprint density at radius 1 is 1.50 bits per heavy atom. The predicted octanol–water partition coefficient (Wildman–Crippen LogP) is 1.61. The molecule has 0 saturated carbocycles. The van der Waals surface area contributed by atoms with Gasteiger partial charge in [0.15, 0.2) is 5.96 Å². The summed E-state index contributed by atoms with van der Waals surface area (Å²) in [5.74, 6) is 1.47. The zero-order valence-electron chi connectivity index (χ0n) is 14.1. The lowest BCUT2D eigenvalue weighted by Gasteiger charge is -2.20. The number of guanidine groups is 1. The van der Waals surface area contributed by atoms with Crippen molar-refractivity contribution < 1.29 is 4.52 Å². The van der Waals surface area contributed by atoms with Gasteiger partial charge >= 0.3 is 0 Å². The first-order valence-electron chi connectivity index (χ1n) is 8.31. The molecule has 124 valence electrons. The van der Waals surface area contributed by atoms with Crippen LogP contribution in [0.2, 0.25) is 0 Å². The smallest absolute Gasteiger partial charge is 0.188 e. The largest absolute Gasteiger partial charge is 0.370 e. The summed E-state index contributed by atoms with van der Waals surface area (Å²) in [6.07, 6.45) is 4.45. The van der Waals surface area contributed by atoms with Crippen molar-refractivity contribution in [1.82, 2.24) is 15.4 Å². The van der Waals surface area contributed by atoms with E-state index in [2.05, 4.69) is 27.3 Å². The van der Waals surface area contributed by atoms with Crippen molar-refractivity contribution in [3.63, 3.8) is 0 Å². The molecule has 1 atom stereocenters. The minimum atomic E-state index is 0.557. The van der Waals surface area contributed by atoms with E-state index >= 15 is 0 Å². The Morgan fingerprint density at radius 2 is 2.32 bits per heavy atom. The van der Waals surface area contributed by atoms with E-state index in [1.54, 1.807) is 0 Å². The van der Waals surface area contributed by atoms with Gasteiger partial charge in [-0.2, -0.15) is 0 Å². The highest BCUT2D eigenvalue weighted by atomic mass is 16.5. The van der Waals surface area contributed by atoms with Gasteiger partial charge < -0.3 is 15.6 Å². The molecule has 1 aliphatic rings. The number of nitrogens with two attached hydrogens (primary N) is 1. The van der Waals surface area contributed by atoms with Crippen LogP contribution in [0.4, 0.5) is 0 Å². The lowest BCUT2D eigenvalue weighted by Crippen LogP contribution is -2.36. The fraction of sp³-hybridized carbons (Fsp3) is 0.750. The molecule has 1 aromatic rings. The van der Waals surface area contributed by atoms with E-state index in [0.717, 1.165) is 43.9 Å². The van der Waals surface area contributed by atoms with Crippen LogP contribution in [0.1, 0.15) is 43.2 Å². The number of nitrogens with one attached hydrogen (secondary N) is 1. The van der Waals surface area contributed by atoms with Gasteiger partial charge in [0.1, 0.15) is 5.76 Å². The molecule has 1 aliphatic heterocycles. The molecular weight excluding hydrogens is 278 g/mol. The van der Waals surface area contributed by atoms with E-state index < -0.39 is 0 Å². The van der Waals surface area contributed by atoms with E-state index in [9.17, 15) is 0 Å². The van der Waals surface area contributed by atoms with Gasteiger partial charge in [0, 0.05) is 18.2 Å². The minimum absolute atomic E-state index is 0.557. The number of likely N-dealkylation sites (tertiary alicyclic amines) is 1. The van der Waals surface area contributed by atoms with Crippen LogP contribution in [0.25, 0.3) is 0 Å². The third kappa shape index (κ3) is 4.47. The highest BCUT2D eigenvalue weighted by Crippen LogP contribution is 2.16. The average molecular weight is 307 g/mol. The third-order valence-electron chi connectivity index (χ3n) is 4.47. The Labute approximate surface area is 133 Å². The predicted molar refractivity (Wildman–Crippen MR) is 89.1 cm³/mol. The van der Waals surface area contributed by atoms with Crippen molar-refractivity contribution in [3.05, 3.63) is 17.0 Å². The summed E-state index contributed by atoms with van der Waals surface area (Å²) in [6, 6.07) is 0.563. The zero-order chi connectivity index (χ0) is 15.9. The quantitative estimate of drug-likeness (QED) is 0.454. The number of aromatic nitrogens is 1. The number of likely N-dealkylation sites (N-methyl/N-ethyl adjacent to an activating group) is 1. The van der Waals surface area contributed by atoms with Crippen LogP contribution in [-0.2, 0) is 6.42 Å². The van der Waals surface area contributed by atoms with Crippen LogP contribution >= 0.6 is 0 Å². The number of hydrogen-bond donors (Lipinski definition) is 2. The Bertz CT molecular complexity index is 477. The minimum Gasteiger partial charge on any atom is -0.370 e. The van der Waals surface area contributed by atoms with Gasteiger partial charge in [0.05, 0.1) is 12.2 Å². The van der Waals surface area contributed by atoms with Crippen LogP contribution in [0.15, 0.2) is 9.52 Å². The Kier molecular flexibility index (Phi) is 6.24. The Hall–Kier alpha value is -1.56. The summed E-state index contributed by atoms with van der Waals surface area (Å²) >= 11 is 0. The first-order valence-corrected chi connectivity index (χ1v) is 8.31. The molecular formula is C16H29N5O. The summed E-state index contributed by atoms with van der Waals surface area (Å²) in [5, 5.41) is 7.17. The van der Waals surface area contributed by atoms with Gasteiger partial charge in [0.2, 0.25) is 0 Å². The molecule has 0 spiro atoms. The van der Waals surface area contributed by atoms with E-state index in [0.29, 0.717) is 12.0 Å². The van der Waals surface area contributed by atoms with Crippen LogP contribution in [-0.4, -0.2) is 48.2 Å². The topological polar surface area (TPSA) is 79.7 Å². The maximum absolute atomic E-state index is 5.95. The molecule has 2 heterocycles. The maximum atomic E-state index is 5.95. The highest BCUT2D eigenvalue weighted by Gasteiger charge is 2.22. The zero-order valence-corrected chi connectivity index (χ0v) is 14.1. The van der Waals surface area contributed by atoms with Gasteiger partial charge in [-0.15, -0.1) is 0 Å². The Morgan fingerprint density at radius 3 is 3.00 bits per heavy atom. The average Bonchev–Trinajstić information content (AvgIpc) is 3.09. The molecule has 2 rings (SSSR count). The SMILES string of the molecule is CCN1CCCC1CN=C(N)NCCCc1c(C)noc1C. The number of hydrogen-bond acceptors (Lipinski definition) is 4. The van der Waals surface area contributed by atoms with E-state index in [1.807, 2.05) is 13.8 Å². The van der Waals surface area contributed by atoms with Crippen LogP contribution in [0.3, 0.4) is 0 Å². The standard InChI is InChI=1S/C16H29N5O/c1-4-21-10-6-7-14(21)11-19-16(17)18-9-5-8-15-12(2)20-22-13(15)3/h14H,4-11H2,1-3H3,(H3,17,18,19). The lowest BCUT2D eigenvalue weighted by molar-refractivity contribution is 0.273. The molecule has 0 aromatic carbocycles. The van der Waals surface area contributed by atoms with E-state index in [-0.39, 0.29) is 0 Å². The summed E-state index contributed by atoms with van der Waals surface area (Å²) < 4.78 is 5.17. The van der Waals surface area contributed by atoms with Gasteiger partial charge in [-0.1, -0.05) is 12.1 Å². The molecule has 3 N–H and O–H groups in total. The fourth-order valence-electron chi connectivity index (χ4n) is 3.12. The fourth-order valence-corrected chi connectivity index (χ4v) is 3.12. The number of rotatable bonds is 7. The normalized spacial score (nSPS) is 19.8. The highest BCUT2D eigenvalue weighted by molar-refractivity contribution is 5.77. The van der Waals surface area contributed by atoms with E-state index in [4.69, 9.17) is 10.3 Å². The second-order valence-corrected chi connectivity index (χ2v) is 5.98. The van der Waals surface area contributed by atoms with Gasteiger partial charge in [-0.05, 0) is 52.6 Å². The summed E-state index contributed by atoms with van der Waals surface area (Å²) in [4.78, 5) is 6.97. The van der Waals surface area contributed by atoms with E-state index in [1.165, 1.54) is 24.9 Å². The number of aliphatic imine (C=N–C) groups is 1. The first-order chi connectivity index (χ1) is 10.6. The van der Waals surface area contributed by atoms with Crippen LogP contribution in [0, 0.1) is 13.8 Å². The molecule has 0 radical (unpaired) electrons. The number of nitrogens with zero attached hydrogens (tertiary/aromatic N) is 3. The van der Waals surface area contributed by atoms with Crippen LogP contribution in [0.5, 0.6) is 0 Å². The van der Waals surface area contributed by atoms with Crippen molar-refractivity contribution in [2.75, 3.05) is 26.2 Å². The van der Waals surface area contributed by atoms with Crippen molar-refractivity contribution in [2.24, 2.45) is 10.7 Å². The van der Waals surface area contributed by atoms with Crippen molar-refractivity contribution in [3.8, 4) is 0 Å². The lowest BCUT2D eigenvalue weighted by atomic mass is 10.1. The second-order valence-electron chi connectivity index (χ2n) is 5.98. The van der Waals surface area contributed by atoms with Gasteiger partial charge in [0.25, 0.3) is 0 Å². The van der Waals surface area contributed by atoms with Crippen molar-refractivity contribution >= 4 is 5.96 Å². The molecule has 0 bridgehead atoms. The number of aryl methyl sites for hydroxylation is 2. The summed E-state index contributed by atoms with van der Waals surface area (Å²) in [5.41, 5.74) is 8.14.